The molecule has 0 aromatic heterocycles. The zero-order valence-corrected chi connectivity index (χ0v) is 9.28. The number of aliphatic imine (C=N–C) groups is 1. The molecule has 0 aliphatic rings. The number of ether oxygens (including phenoxy) is 1. The van der Waals surface area contributed by atoms with Crippen LogP contribution in [0.15, 0.2) is 23.2 Å². The Labute approximate surface area is 97.2 Å². The average molecular weight is 243 g/mol. The number of nitrogens with one attached hydrogen (secondary N) is 1. The summed E-state index contributed by atoms with van der Waals surface area (Å²) in [6.07, 6.45) is 0. The predicted octanol–water partition coefficient (Wildman–Crippen LogP) is 0.963. The second-order valence-corrected chi connectivity index (χ2v) is 3.21. The summed E-state index contributed by atoms with van der Waals surface area (Å²) in [5, 5.41) is 2.60. The van der Waals surface area contributed by atoms with Crippen molar-refractivity contribution in [2.75, 3.05) is 7.11 Å². The average Bonchev–Trinajstić information content (AvgIpc) is 2.19. The van der Waals surface area contributed by atoms with Gasteiger partial charge >= 0.3 is 6.03 Å². The van der Waals surface area contributed by atoms with E-state index >= 15 is 0 Å². The molecule has 0 bridgehead atoms. The minimum Gasteiger partial charge on any atom is -0.495 e. The van der Waals surface area contributed by atoms with E-state index in [1.165, 1.54) is 7.11 Å². The molecule has 86 valence electrons. The second-order valence-electron chi connectivity index (χ2n) is 2.81. The van der Waals surface area contributed by atoms with Crippen LogP contribution >= 0.6 is 11.6 Å². The van der Waals surface area contributed by atoms with Gasteiger partial charge in [-0.05, 0) is 12.1 Å². The Hall–Kier alpha value is -1.95. The van der Waals surface area contributed by atoms with Crippen molar-refractivity contribution in [1.29, 1.82) is 0 Å². The van der Waals surface area contributed by atoms with Crippen molar-refractivity contribution in [3.05, 3.63) is 23.2 Å². The summed E-state index contributed by atoms with van der Waals surface area (Å²) in [5.74, 6) is 0.367. The summed E-state index contributed by atoms with van der Waals surface area (Å²) in [4.78, 5) is 14.4. The molecule has 16 heavy (non-hydrogen) atoms. The lowest BCUT2D eigenvalue weighted by atomic mass is 10.3. The monoisotopic (exact) mass is 242 g/mol. The smallest absolute Gasteiger partial charge is 0.318 e. The molecule has 0 saturated heterocycles. The fourth-order valence-electron chi connectivity index (χ4n) is 1.01. The van der Waals surface area contributed by atoms with Crippen molar-refractivity contribution >= 4 is 29.3 Å². The number of primary amides is 1. The van der Waals surface area contributed by atoms with Crippen LogP contribution in [0, 0.1) is 0 Å². The maximum Gasteiger partial charge on any atom is 0.318 e. The molecule has 0 aliphatic carbocycles. The summed E-state index contributed by atoms with van der Waals surface area (Å²) in [5.41, 5.74) is 10.8. The maximum atomic E-state index is 10.5. The standard InChI is InChI=1S/C9H11ClN4O2/c1-16-7-4-5(2-3-6(7)10)13-8(11)14-9(12)15/h2-4H,1H3,(H5,11,12,13,14,15). The van der Waals surface area contributed by atoms with E-state index in [-0.39, 0.29) is 5.96 Å². The topological polar surface area (TPSA) is 103 Å². The Morgan fingerprint density at radius 1 is 1.50 bits per heavy atom. The number of urea groups is 1. The van der Waals surface area contributed by atoms with Gasteiger partial charge in [0.1, 0.15) is 5.75 Å². The number of carbonyl (C=O) groups is 1. The number of nitrogens with two attached hydrogens (primary N) is 2. The number of hydrogen-bond acceptors (Lipinski definition) is 3. The first-order valence-electron chi connectivity index (χ1n) is 4.27. The van der Waals surface area contributed by atoms with Gasteiger partial charge in [0.25, 0.3) is 0 Å². The third kappa shape index (κ3) is 3.32. The lowest BCUT2D eigenvalue weighted by Gasteiger charge is -2.04. The number of guanidine groups is 1. The van der Waals surface area contributed by atoms with Crippen LogP contribution in [0.5, 0.6) is 5.75 Å². The van der Waals surface area contributed by atoms with E-state index in [9.17, 15) is 4.79 Å². The summed E-state index contributed by atoms with van der Waals surface area (Å²) in [6.45, 7) is 0. The van der Waals surface area contributed by atoms with Crippen LogP contribution in [0.2, 0.25) is 5.02 Å². The Kier molecular flexibility index (Phi) is 3.96. The molecule has 0 spiro atoms. The lowest BCUT2D eigenvalue weighted by Crippen LogP contribution is -2.39. The van der Waals surface area contributed by atoms with Crippen molar-refractivity contribution in [3.8, 4) is 5.75 Å². The van der Waals surface area contributed by atoms with Gasteiger partial charge in [0.2, 0.25) is 5.96 Å². The Morgan fingerprint density at radius 3 is 2.75 bits per heavy atom. The van der Waals surface area contributed by atoms with Gasteiger partial charge in [-0.25, -0.2) is 9.79 Å². The number of nitrogens with zero attached hydrogens (tertiary/aromatic N) is 1. The Morgan fingerprint density at radius 2 is 2.19 bits per heavy atom. The van der Waals surface area contributed by atoms with Gasteiger partial charge < -0.3 is 16.2 Å². The van der Waals surface area contributed by atoms with Crippen molar-refractivity contribution in [2.45, 2.75) is 0 Å². The SMILES string of the molecule is COc1cc(N=C(N)NC(N)=O)ccc1Cl. The van der Waals surface area contributed by atoms with Crippen LogP contribution in [-0.4, -0.2) is 19.1 Å². The van der Waals surface area contributed by atoms with Crippen molar-refractivity contribution in [3.63, 3.8) is 0 Å². The number of methoxy groups -OCH3 is 1. The van der Waals surface area contributed by atoms with Crippen LogP contribution in [0.25, 0.3) is 0 Å². The molecule has 7 heteroatoms. The zero-order valence-electron chi connectivity index (χ0n) is 8.53. The van der Waals surface area contributed by atoms with Crippen LogP contribution in [-0.2, 0) is 0 Å². The molecular formula is C9H11ClN4O2. The molecule has 1 rings (SSSR count). The first-order chi connectivity index (χ1) is 7.52. The van der Waals surface area contributed by atoms with Crippen molar-refractivity contribution in [2.24, 2.45) is 16.5 Å². The molecule has 0 fully saturated rings. The highest BCUT2D eigenvalue weighted by Crippen LogP contribution is 2.28. The van der Waals surface area contributed by atoms with Gasteiger partial charge in [-0.2, -0.15) is 0 Å². The van der Waals surface area contributed by atoms with Crippen LogP contribution in [0.4, 0.5) is 10.5 Å². The van der Waals surface area contributed by atoms with Crippen molar-refractivity contribution < 1.29 is 9.53 Å². The molecule has 0 radical (unpaired) electrons. The number of rotatable bonds is 2. The molecule has 1 aromatic rings. The minimum absolute atomic E-state index is 0.100. The van der Waals surface area contributed by atoms with E-state index in [0.717, 1.165) is 0 Å². The quantitative estimate of drug-likeness (QED) is 0.532. The highest BCUT2D eigenvalue weighted by Gasteiger charge is 2.02. The molecule has 0 saturated carbocycles. The predicted molar refractivity (Wildman–Crippen MR) is 62.0 cm³/mol. The van der Waals surface area contributed by atoms with Gasteiger partial charge in [-0.1, -0.05) is 11.6 Å². The third-order valence-electron chi connectivity index (χ3n) is 1.64. The van der Waals surface area contributed by atoms with Crippen LogP contribution in [0.3, 0.4) is 0 Å². The Bertz CT molecular complexity index is 434. The lowest BCUT2D eigenvalue weighted by molar-refractivity contribution is 0.253. The highest BCUT2D eigenvalue weighted by molar-refractivity contribution is 6.32. The zero-order chi connectivity index (χ0) is 12.1. The largest absolute Gasteiger partial charge is 0.495 e. The number of benzene rings is 1. The van der Waals surface area contributed by atoms with E-state index in [4.69, 9.17) is 27.8 Å². The molecule has 0 aliphatic heterocycles. The first-order valence-corrected chi connectivity index (χ1v) is 4.65. The van der Waals surface area contributed by atoms with Gasteiger partial charge in [-0.15, -0.1) is 0 Å². The first kappa shape index (κ1) is 12.1. The summed E-state index contributed by atoms with van der Waals surface area (Å²) in [6, 6.07) is 4.04. The van der Waals surface area contributed by atoms with E-state index in [2.05, 4.69) is 10.3 Å². The minimum atomic E-state index is -0.776. The summed E-state index contributed by atoms with van der Waals surface area (Å²) < 4.78 is 4.99. The number of hydrogen-bond donors (Lipinski definition) is 3. The van der Waals surface area contributed by atoms with Gasteiger partial charge in [0.05, 0.1) is 17.8 Å². The van der Waals surface area contributed by atoms with E-state index < -0.39 is 6.03 Å². The second kappa shape index (κ2) is 5.22. The molecule has 0 unspecified atom stereocenters. The molecule has 2 amide bonds. The number of carbonyl (C=O) groups excluding carboxylic acids is 1. The van der Waals surface area contributed by atoms with E-state index in [1.54, 1.807) is 18.2 Å². The van der Waals surface area contributed by atoms with E-state index in [1.807, 2.05) is 0 Å². The molecule has 5 N–H and O–H groups in total. The summed E-state index contributed by atoms with van der Waals surface area (Å²) >= 11 is 5.82. The fourth-order valence-corrected chi connectivity index (χ4v) is 1.21. The molecule has 1 aromatic carbocycles. The number of halogens is 1. The van der Waals surface area contributed by atoms with E-state index in [0.29, 0.717) is 16.5 Å². The van der Waals surface area contributed by atoms with Gasteiger partial charge in [0, 0.05) is 6.07 Å². The van der Waals surface area contributed by atoms with Crippen LogP contribution in [0.1, 0.15) is 0 Å². The molecule has 0 atom stereocenters. The molecule has 0 heterocycles. The molecular weight excluding hydrogens is 232 g/mol. The normalized spacial score (nSPS) is 11.0. The van der Waals surface area contributed by atoms with Crippen LogP contribution < -0.4 is 21.5 Å². The molecule has 6 nitrogen and oxygen atoms in total. The third-order valence-corrected chi connectivity index (χ3v) is 1.95. The van der Waals surface area contributed by atoms with Gasteiger partial charge in [-0.3, -0.25) is 5.32 Å². The summed E-state index contributed by atoms with van der Waals surface area (Å²) in [7, 11) is 1.49. The maximum absolute atomic E-state index is 10.5. The number of amides is 2. The van der Waals surface area contributed by atoms with Gasteiger partial charge in [0.15, 0.2) is 0 Å². The van der Waals surface area contributed by atoms with Crippen molar-refractivity contribution in [1.82, 2.24) is 5.32 Å². The fraction of sp³-hybridized carbons (Fsp3) is 0.111. The highest BCUT2D eigenvalue weighted by atomic mass is 35.5. The Balaban J connectivity index is 2.93.